The van der Waals surface area contributed by atoms with Crippen LogP contribution in [0, 0.1) is 11.6 Å². The van der Waals surface area contributed by atoms with Crippen LogP contribution in [0.15, 0.2) is 48.7 Å². The van der Waals surface area contributed by atoms with Gasteiger partial charge in [0.05, 0.1) is 6.20 Å². The van der Waals surface area contributed by atoms with E-state index in [0.717, 1.165) is 12.1 Å². The highest BCUT2D eigenvalue weighted by Crippen LogP contribution is 2.23. The third kappa shape index (κ3) is 2.50. The van der Waals surface area contributed by atoms with E-state index in [1.165, 1.54) is 23.9 Å². The molecule has 0 fully saturated rings. The van der Waals surface area contributed by atoms with Gasteiger partial charge in [-0.2, -0.15) is 0 Å². The van der Waals surface area contributed by atoms with E-state index < -0.39 is 11.6 Å². The Kier molecular flexibility index (Phi) is 3.50. The summed E-state index contributed by atoms with van der Waals surface area (Å²) in [5, 5.41) is 7.82. The van der Waals surface area contributed by atoms with Gasteiger partial charge in [-0.15, -0.1) is 5.10 Å². The first-order valence-corrected chi connectivity index (χ1v) is 6.54. The van der Waals surface area contributed by atoms with E-state index in [1.807, 2.05) is 0 Å². The molecule has 1 heterocycles. The van der Waals surface area contributed by atoms with Crippen molar-refractivity contribution in [2.75, 3.05) is 0 Å². The summed E-state index contributed by atoms with van der Waals surface area (Å²) >= 11 is 0. The van der Waals surface area contributed by atoms with Gasteiger partial charge in [0.15, 0.2) is 11.6 Å². The standard InChI is InChI=1S/C16H11F2N3O/c1-10(22)12-4-2-3-5-13(12)15-9-21(20-19-15)16-7-6-11(17)8-14(16)18/h2-9H,1H3. The second kappa shape index (κ2) is 5.48. The number of aromatic nitrogens is 3. The Balaban J connectivity index is 2.07. The minimum Gasteiger partial charge on any atom is -0.294 e. The largest absolute Gasteiger partial charge is 0.294 e. The highest BCUT2D eigenvalue weighted by molar-refractivity contribution is 6.00. The first-order chi connectivity index (χ1) is 10.6. The first kappa shape index (κ1) is 14.1. The average molecular weight is 299 g/mol. The molecule has 0 N–H and O–H groups in total. The molecule has 0 saturated carbocycles. The number of carbonyl (C=O) groups excluding carboxylic acids is 1. The molecule has 6 heteroatoms. The Hall–Kier alpha value is -2.89. The zero-order valence-electron chi connectivity index (χ0n) is 11.6. The molecule has 22 heavy (non-hydrogen) atoms. The molecule has 3 aromatic rings. The van der Waals surface area contributed by atoms with Crippen molar-refractivity contribution in [3.8, 4) is 16.9 Å². The number of carbonyl (C=O) groups is 1. The fourth-order valence-electron chi connectivity index (χ4n) is 2.19. The lowest BCUT2D eigenvalue weighted by molar-refractivity contribution is 0.101. The summed E-state index contributed by atoms with van der Waals surface area (Å²) in [5.74, 6) is -1.50. The fraction of sp³-hybridized carbons (Fsp3) is 0.0625. The van der Waals surface area contributed by atoms with E-state index in [-0.39, 0.29) is 11.5 Å². The van der Waals surface area contributed by atoms with Crippen LogP contribution in [-0.2, 0) is 0 Å². The van der Waals surface area contributed by atoms with Gasteiger partial charge in [-0.1, -0.05) is 29.5 Å². The summed E-state index contributed by atoms with van der Waals surface area (Å²) < 4.78 is 27.9. The van der Waals surface area contributed by atoms with E-state index in [4.69, 9.17) is 0 Å². The van der Waals surface area contributed by atoms with Crippen LogP contribution in [0.5, 0.6) is 0 Å². The number of hydrogen-bond acceptors (Lipinski definition) is 3. The number of halogens is 2. The van der Waals surface area contributed by atoms with Gasteiger partial charge >= 0.3 is 0 Å². The van der Waals surface area contributed by atoms with Gasteiger partial charge in [0.1, 0.15) is 17.2 Å². The summed E-state index contributed by atoms with van der Waals surface area (Å²) in [4.78, 5) is 11.7. The van der Waals surface area contributed by atoms with Crippen molar-refractivity contribution in [3.63, 3.8) is 0 Å². The van der Waals surface area contributed by atoms with Crippen molar-refractivity contribution in [3.05, 3.63) is 65.9 Å². The minimum atomic E-state index is -0.740. The van der Waals surface area contributed by atoms with Crippen LogP contribution < -0.4 is 0 Å². The van der Waals surface area contributed by atoms with Gasteiger partial charge in [0.2, 0.25) is 0 Å². The van der Waals surface area contributed by atoms with Crippen molar-refractivity contribution >= 4 is 5.78 Å². The van der Waals surface area contributed by atoms with Crippen LogP contribution in [0.3, 0.4) is 0 Å². The van der Waals surface area contributed by atoms with E-state index >= 15 is 0 Å². The van der Waals surface area contributed by atoms with Crippen molar-refractivity contribution in [1.82, 2.24) is 15.0 Å². The van der Waals surface area contributed by atoms with Gasteiger partial charge < -0.3 is 0 Å². The zero-order valence-corrected chi connectivity index (χ0v) is 11.6. The number of benzene rings is 2. The maximum atomic E-state index is 13.8. The molecular formula is C16H11F2N3O. The molecule has 1 aromatic heterocycles. The molecular weight excluding hydrogens is 288 g/mol. The fourth-order valence-corrected chi connectivity index (χ4v) is 2.19. The van der Waals surface area contributed by atoms with Crippen LogP contribution in [0.25, 0.3) is 16.9 Å². The Bertz CT molecular complexity index is 858. The summed E-state index contributed by atoms with van der Waals surface area (Å²) in [7, 11) is 0. The lowest BCUT2D eigenvalue weighted by atomic mass is 10.0. The molecule has 0 saturated heterocycles. The van der Waals surface area contributed by atoms with Crippen LogP contribution in [0.4, 0.5) is 8.78 Å². The molecule has 0 spiro atoms. The van der Waals surface area contributed by atoms with E-state index in [9.17, 15) is 13.6 Å². The predicted molar refractivity (Wildman–Crippen MR) is 76.7 cm³/mol. The topological polar surface area (TPSA) is 47.8 Å². The van der Waals surface area contributed by atoms with E-state index in [0.29, 0.717) is 16.8 Å². The molecule has 0 bridgehead atoms. The van der Waals surface area contributed by atoms with Crippen molar-refractivity contribution in [2.45, 2.75) is 6.92 Å². The zero-order chi connectivity index (χ0) is 15.7. The van der Waals surface area contributed by atoms with Crippen LogP contribution in [0.2, 0.25) is 0 Å². The summed E-state index contributed by atoms with van der Waals surface area (Å²) in [6.45, 7) is 1.46. The Morgan fingerprint density at radius 1 is 1.14 bits per heavy atom. The smallest absolute Gasteiger partial charge is 0.160 e. The lowest BCUT2D eigenvalue weighted by Gasteiger charge is -2.03. The van der Waals surface area contributed by atoms with Gasteiger partial charge in [0, 0.05) is 17.2 Å². The number of Topliss-reactive ketones (excluding diaryl/α,β-unsaturated/α-hetero) is 1. The monoisotopic (exact) mass is 299 g/mol. The van der Waals surface area contributed by atoms with Crippen LogP contribution >= 0.6 is 0 Å². The number of rotatable bonds is 3. The third-order valence-electron chi connectivity index (χ3n) is 3.23. The molecule has 3 rings (SSSR count). The normalized spacial score (nSPS) is 10.7. The average Bonchev–Trinajstić information content (AvgIpc) is 2.96. The summed E-state index contributed by atoms with van der Waals surface area (Å²) in [6.07, 6.45) is 1.50. The second-order valence-corrected chi connectivity index (χ2v) is 4.75. The molecule has 2 aromatic carbocycles. The molecule has 4 nitrogen and oxygen atoms in total. The third-order valence-corrected chi connectivity index (χ3v) is 3.23. The van der Waals surface area contributed by atoms with Gasteiger partial charge in [-0.05, 0) is 19.1 Å². The van der Waals surface area contributed by atoms with Crippen molar-refractivity contribution in [2.24, 2.45) is 0 Å². The van der Waals surface area contributed by atoms with Gasteiger partial charge in [-0.3, -0.25) is 4.79 Å². The molecule has 0 unspecified atom stereocenters. The van der Waals surface area contributed by atoms with Crippen LogP contribution in [-0.4, -0.2) is 20.8 Å². The molecule has 0 amide bonds. The predicted octanol–water partition coefficient (Wildman–Crippen LogP) is 3.42. The number of nitrogens with zero attached hydrogens (tertiary/aromatic N) is 3. The minimum absolute atomic E-state index is 0.0838. The maximum Gasteiger partial charge on any atom is 0.160 e. The first-order valence-electron chi connectivity index (χ1n) is 6.54. The molecule has 0 radical (unpaired) electrons. The maximum absolute atomic E-state index is 13.8. The lowest BCUT2D eigenvalue weighted by Crippen LogP contribution is -1.99. The number of hydrogen-bond donors (Lipinski definition) is 0. The molecule has 0 atom stereocenters. The second-order valence-electron chi connectivity index (χ2n) is 4.75. The molecule has 0 aliphatic heterocycles. The Morgan fingerprint density at radius 3 is 2.64 bits per heavy atom. The quantitative estimate of drug-likeness (QED) is 0.696. The summed E-state index contributed by atoms with van der Waals surface area (Å²) in [5.41, 5.74) is 1.65. The van der Waals surface area contributed by atoms with Gasteiger partial charge in [-0.25, -0.2) is 13.5 Å². The van der Waals surface area contributed by atoms with Gasteiger partial charge in [0.25, 0.3) is 0 Å². The molecule has 110 valence electrons. The summed E-state index contributed by atoms with van der Waals surface area (Å²) in [6, 6.07) is 10.2. The van der Waals surface area contributed by atoms with Crippen molar-refractivity contribution < 1.29 is 13.6 Å². The Labute approximate surface area is 125 Å². The number of ketones is 1. The SMILES string of the molecule is CC(=O)c1ccccc1-c1cn(-c2ccc(F)cc2F)nn1. The Morgan fingerprint density at radius 2 is 1.91 bits per heavy atom. The van der Waals surface area contributed by atoms with Crippen molar-refractivity contribution in [1.29, 1.82) is 0 Å². The van der Waals surface area contributed by atoms with E-state index in [2.05, 4.69) is 10.3 Å². The highest BCUT2D eigenvalue weighted by atomic mass is 19.1. The molecule has 0 aliphatic carbocycles. The molecule has 0 aliphatic rings. The highest BCUT2D eigenvalue weighted by Gasteiger charge is 2.14. The van der Waals surface area contributed by atoms with E-state index in [1.54, 1.807) is 24.3 Å². The van der Waals surface area contributed by atoms with Crippen LogP contribution in [0.1, 0.15) is 17.3 Å².